The van der Waals surface area contributed by atoms with Gasteiger partial charge in [-0.15, -0.1) is 11.3 Å². The van der Waals surface area contributed by atoms with Crippen LogP contribution < -0.4 is 5.32 Å². The van der Waals surface area contributed by atoms with Crippen molar-refractivity contribution in [2.75, 3.05) is 6.54 Å². The van der Waals surface area contributed by atoms with Crippen molar-refractivity contribution in [1.29, 1.82) is 0 Å². The van der Waals surface area contributed by atoms with Crippen LogP contribution in [0.5, 0.6) is 0 Å². The van der Waals surface area contributed by atoms with Gasteiger partial charge in [0.15, 0.2) is 0 Å². The van der Waals surface area contributed by atoms with Gasteiger partial charge in [0.2, 0.25) is 0 Å². The van der Waals surface area contributed by atoms with Crippen molar-refractivity contribution >= 4 is 33.3 Å². The van der Waals surface area contributed by atoms with Gasteiger partial charge in [0, 0.05) is 24.3 Å². The smallest absolute Gasteiger partial charge is 0.308 e. The van der Waals surface area contributed by atoms with E-state index in [4.69, 9.17) is 0 Å². The molecular weight excluding hydrogens is 288 g/mol. The van der Waals surface area contributed by atoms with Crippen LogP contribution in [0.25, 0.3) is 10.1 Å². The zero-order valence-corrected chi connectivity index (χ0v) is 12.2. The summed E-state index contributed by atoms with van der Waals surface area (Å²) in [6.45, 7) is 0.172. The molecule has 3 rings (SSSR count). The van der Waals surface area contributed by atoms with Gasteiger partial charge in [0.1, 0.15) is 0 Å². The summed E-state index contributed by atoms with van der Waals surface area (Å²) in [6.07, 6.45) is 6.12. The number of thiophene rings is 1. The molecule has 2 aromatic rings. The number of carbonyl (C=O) groups is 2. The van der Waals surface area contributed by atoms with Gasteiger partial charge in [-0.25, -0.2) is 0 Å². The Hall–Kier alpha value is -1.95. The molecular formula is C15H16N2O3S. The first-order chi connectivity index (χ1) is 10.1. The molecule has 1 atom stereocenters. The van der Waals surface area contributed by atoms with Gasteiger partial charge >= 0.3 is 5.97 Å². The molecule has 0 radical (unpaired) electrons. The number of carboxylic acid groups (broad SMARTS) is 1. The number of carboxylic acids is 1. The SMILES string of the molecule is O=C(NCC(CC1CC1)C(=O)O)c1cncc2sccc12. The van der Waals surface area contributed by atoms with E-state index in [1.165, 1.54) is 17.5 Å². The number of pyridine rings is 1. The van der Waals surface area contributed by atoms with Crippen LogP contribution in [-0.4, -0.2) is 28.5 Å². The molecule has 2 N–H and O–H groups in total. The van der Waals surface area contributed by atoms with Crippen molar-refractivity contribution in [3.8, 4) is 0 Å². The molecule has 0 saturated heterocycles. The second-order valence-corrected chi connectivity index (χ2v) is 6.39. The first-order valence-corrected chi connectivity index (χ1v) is 7.85. The number of hydrogen-bond acceptors (Lipinski definition) is 4. The fourth-order valence-electron chi connectivity index (χ4n) is 2.41. The minimum absolute atomic E-state index is 0.172. The lowest BCUT2D eigenvalue weighted by atomic mass is 10.0. The quantitative estimate of drug-likeness (QED) is 0.859. The van der Waals surface area contributed by atoms with E-state index in [9.17, 15) is 14.7 Å². The normalized spacial score (nSPS) is 15.8. The lowest BCUT2D eigenvalue weighted by Crippen LogP contribution is -2.33. The van der Waals surface area contributed by atoms with Crippen molar-refractivity contribution in [2.45, 2.75) is 19.3 Å². The molecule has 0 aromatic carbocycles. The van der Waals surface area contributed by atoms with Crippen LogP contribution in [0, 0.1) is 11.8 Å². The number of fused-ring (bicyclic) bond motifs is 1. The molecule has 2 aromatic heterocycles. The molecule has 0 aliphatic heterocycles. The largest absolute Gasteiger partial charge is 0.481 e. The monoisotopic (exact) mass is 304 g/mol. The predicted molar refractivity (Wildman–Crippen MR) is 80.4 cm³/mol. The molecule has 110 valence electrons. The summed E-state index contributed by atoms with van der Waals surface area (Å²) < 4.78 is 0.954. The van der Waals surface area contributed by atoms with E-state index in [-0.39, 0.29) is 12.5 Å². The third-order valence-corrected chi connectivity index (χ3v) is 4.65. The maximum Gasteiger partial charge on any atom is 0.308 e. The molecule has 1 amide bonds. The van der Waals surface area contributed by atoms with Gasteiger partial charge in [-0.1, -0.05) is 12.8 Å². The molecule has 1 aliphatic rings. The highest BCUT2D eigenvalue weighted by atomic mass is 32.1. The molecule has 21 heavy (non-hydrogen) atoms. The summed E-state index contributed by atoms with van der Waals surface area (Å²) in [5, 5.41) is 14.7. The highest BCUT2D eigenvalue weighted by molar-refractivity contribution is 7.17. The number of aliphatic carboxylic acids is 1. The average molecular weight is 304 g/mol. The Morgan fingerprint density at radius 2 is 2.24 bits per heavy atom. The predicted octanol–water partition coefficient (Wildman–Crippen LogP) is 2.53. The van der Waals surface area contributed by atoms with Crippen LogP contribution in [0.3, 0.4) is 0 Å². The second-order valence-electron chi connectivity index (χ2n) is 5.44. The number of carbonyl (C=O) groups excluding carboxylic acids is 1. The lowest BCUT2D eigenvalue weighted by molar-refractivity contribution is -0.141. The zero-order chi connectivity index (χ0) is 14.8. The summed E-state index contributed by atoms with van der Waals surface area (Å²) in [5.41, 5.74) is 0.504. The summed E-state index contributed by atoms with van der Waals surface area (Å²) in [4.78, 5) is 27.5. The number of amides is 1. The average Bonchev–Trinajstić information content (AvgIpc) is 3.15. The van der Waals surface area contributed by atoms with E-state index in [0.717, 1.165) is 22.9 Å². The van der Waals surface area contributed by atoms with Crippen LogP contribution in [0.1, 0.15) is 29.6 Å². The van der Waals surface area contributed by atoms with Gasteiger partial charge in [-0.05, 0) is 23.8 Å². The van der Waals surface area contributed by atoms with Crippen molar-refractivity contribution in [3.63, 3.8) is 0 Å². The minimum Gasteiger partial charge on any atom is -0.481 e. The first kappa shape index (κ1) is 14.0. The van der Waals surface area contributed by atoms with Crippen LogP contribution in [0.15, 0.2) is 23.8 Å². The topological polar surface area (TPSA) is 79.3 Å². The van der Waals surface area contributed by atoms with E-state index in [2.05, 4.69) is 10.3 Å². The van der Waals surface area contributed by atoms with Crippen molar-refractivity contribution < 1.29 is 14.7 Å². The Kier molecular flexibility index (Phi) is 3.88. The number of nitrogens with zero attached hydrogens (tertiary/aromatic N) is 1. The number of hydrogen-bond donors (Lipinski definition) is 2. The maximum absolute atomic E-state index is 12.2. The molecule has 1 fully saturated rings. The van der Waals surface area contributed by atoms with Gasteiger partial charge in [0.25, 0.3) is 5.91 Å². The van der Waals surface area contributed by atoms with Gasteiger partial charge < -0.3 is 10.4 Å². The summed E-state index contributed by atoms with van der Waals surface area (Å²) >= 11 is 1.53. The fraction of sp³-hybridized carbons (Fsp3) is 0.400. The van der Waals surface area contributed by atoms with E-state index in [1.54, 1.807) is 6.20 Å². The fourth-order valence-corrected chi connectivity index (χ4v) is 3.19. The Morgan fingerprint density at radius 3 is 2.95 bits per heavy atom. The number of nitrogens with one attached hydrogen (secondary N) is 1. The Morgan fingerprint density at radius 1 is 1.43 bits per heavy atom. The summed E-state index contributed by atoms with van der Waals surface area (Å²) in [6, 6.07) is 1.88. The first-order valence-electron chi connectivity index (χ1n) is 6.97. The van der Waals surface area contributed by atoms with Gasteiger partial charge in [-0.3, -0.25) is 14.6 Å². The number of rotatable bonds is 6. The highest BCUT2D eigenvalue weighted by Gasteiger charge is 2.29. The van der Waals surface area contributed by atoms with Crippen LogP contribution in [0.4, 0.5) is 0 Å². The van der Waals surface area contributed by atoms with Crippen LogP contribution >= 0.6 is 11.3 Å². The maximum atomic E-state index is 12.2. The molecule has 2 heterocycles. The summed E-state index contributed by atoms with van der Waals surface area (Å²) in [5.74, 6) is -1.08. The van der Waals surface area contributed by atoms with E-state index >= 15 is 0 Å². The second kappa shape index (κ2) is 5.81. The third kappa shape index (κ3) is 3.21. The van der Waals surface area contributed by atoms with Crippen LogP contribution in [-0.2, 0) is 4.79 Å². The highest BCUT2D eigenvalue weighted by Crippen LogP contribution is 2.35. The standard InChI is InChI=1S/C15H16N2O3S/c18-14(12-7-16-8-13-11(12)3-4-21-13)17-6-10(15(19)20)5-9-1-2-9/h3-4,7-10H,1-2,5-6H2,(H,17,18)(H,19,20). The molecule has 6 heteroatoms. The van der Waals surface area contributed by atoms with Crippen molar-refractivity contribution in [1.82, 2.24) is 10.3 Å². The molecule has 0 bridgehead atoms. The molecule has 5 nitrogen and oxygen atoms in total. The molecule has 1 aliphatic carbocycles. The Labute approximate surface area is 126 Å². The van der Waals surface area contributed by atoms with Gasteiger partial charge in [0.05, 0.1) is 16.2 Å². The van der Waals surface area contributed by atoms with Crippen molar-refractivity contribution in [3.05, 3.63) is 29.4 Å². The third-order valence-electron chi connectivity index (χ3n) is 3.80. The number of aromatic nitrogens is 1. The molecule has 0 spiro atoms. The molecule has 1 saturated carbocycles. The van der Waals surface area contributed by atoms with E-state index in [1.807, 2.05) is 11.4 Å². The summed E-state index contributed by atoms with van der Waals surface area (Å²) in [7, 11) is 0. The van der Waals surface area contributed by atoms with Crippen molar-refractivity contribution in [2.24, 2.45) is 11.8 Å². The Bertz CT molecular complexity index is 678. The van der Waals surface area contributed by atoms with Crippen LogP contribution in [0.2, 0.25) is 0 Å². The zero-order valence-electron chi connectivity index (χ0n) is 11.4. The molecule has 1 unspecified atom stereocenters. The minimum atomic E-state index is -0.839. The van der Waals surface area contributed by atoms with E-state index < -0.39 is 11.9 Å². The Balaban J connectivity index is 1.67. The lowest BCUT2D eigenvalue weighted by Gasteiger charge is -2.13. The van der Waals surface area contributed by atoms with E-state index in [0.29, 0.717) is 17.9 Å². The van der Waals surface area contributed by atoms with Gasteiger partial charge in [-0.2, -0.15) is 0 Å².